The number of fused-ring (bicyclic) bond motifs is 1. The van der Waals surface area contributed by atoms with Gasteiger partial charge in [-0.15, -0.1) is 0 Å². The zero-order chi connectivity index (χ0) is 22.0. The van der Waals surface area contributed by atoms with Gasteiger partial charge in [-0.05, 0) is 49.1 Å². The maximum absolute atomic E-state index is 12.8. The van der Waals surface area contributed by atoms with Crippen LogP contribution in [0.4, 0.5) is 17.1 Å². The lowest BCUT2D eigenvalue weighted by Gasteiger charge is -2.19. The number of rotatable bonds is 7. The number of imide groups is 1. The number of nitro benzene ring substituents is 1. The molecule has 2 atom stereocenters. The summed E-state index contributed by atoms with van der Waals surface area (Å²) in [5.74, 6) is -0.291. The van der Waals surface area contributed by atoms with E-state index >= 15 is 0 Å². The highest BCUT2D eigenvalue weighted by Gasteiger charge is 2.49. The molecule has 1 saturated carbocycles. The van der Waals surface area contributed by atoms with E-state index in [9.17, 15) is 19.7 Å². The molecule has 1 heterocycles. The quantitative estimate of drug-likeness (QED) is 0.411. The molecular formula is C23H25N3O5. The molecule has 8 heteroatoms. The van der Waals surface area contributed by atoms with E-state index in [0.717, 1.165) is 29.1 Å². The predicted molar refractivity (Wildman–Crippen MR) is 116 cm³/mol. The van der Waals surface area contributed by atoms with Crippen LogP contribution in [0.5, 0.6) is 5.75 Å². The Kier molecular flexibility index (Phi) is 5.88. The minimum Gasteiger partial charge on any atom is -0.497 e. The summed E-state index contributed by atoms with van der Waals surface area (Å²) in [6, 6.07) is 12.1. The van der Waals surface area contributed by atoms with Crippen molar-refractivity contribution in [1.29, 1.82) is 0 Å². The monoisotopic (exact) mass is 423 g/mol. The van der Waals surface area contributed by atoms with Gasteiger partial charge in [-0.1, -0.05) is 25.0 Å². The van der Waals surface area contributed by atoms with Gasteiger partial charge in [0.15, 0.2) is 0 Å². The fraction of sp³-hybridized carbons (Fsp3) is 0.391. The first kappa shape index (κ1) is 20.8. The predicted octanol–water partition coefficient (Wildman–Crippen LogP) is 3.94. The minimum absolute atomic E-state index is 0.154. The lowest BCUT2D eigenvalue weighted by molar-refractivity contribution is -0.383. The van der Waals surface area contributed by atoms with E-state index in [-0.39, 0.29) is 35.0 Å². The van der Waals surface area contributed by atoms with E-state index in [4.69, 9.17) is 4.74 Å². The van der Waals surface area contributed by atoms with Crippen LogP contribution in [0.15, 0.2) is 42.5 Å². The van der Waals surface area contributed by atoms with Crippen molar-refractivity contribution in [3.63, 3.8) is 0 Å². The number of nitrogens with zero attached hydrogens (tertiary/aromatic N) is 2. The number of nitro groups is 1. The van der Waals surface area contributed by atoms with Crippen LogP contribution in [0.25, 0.3) is 0 Å². The molecule has 1 aliphatic heterocycles. The highest BCUT2D eigenvalue weighted by atomic mass is 16.6. The van der Waals surface area contributed by atoms with Crippen molar-refractivity contribution in [2.45, 2.75) is 32.1 Å². The molecular weight excluding hydrogens is 398 g/mol. The molecule has 0 unspecified atom stereocenters. The van der Waals surface area contributed by atoms with E-state index in [1.54, 1.807) is 19.2 Å². The van der Waals surface area contributed by atoms with Crippen molar-refractivity contribution in [2.24, 2.45) is 11.8 Å². The Labute approximate surface area is 180 Å². The van der Waals surface area contributed by atoms with Crippen molar-refractivity contribution in [3.8, 4) is 5.75 Å². The molecule has 0 spiro atoms. The Balaban J connectivity index is 1.51. The van der Waals surface area contributed by atoms with Gasteiger partial charge in [0.25, 0.3) is 5.69 Å². The number of carbonyl (C=O) groups excluding carboxylic acids is 2. The Hall–Kier alpha value is -3.42. The van der Waals surface area contributed by atoms with Crippen LogP contribution in [0.2, 0.25) is 0 Å². The molecule has 0 bridgehead atoms. The van der Waals surface area contributed by atoms with Crippen LogP contribution >= 0.6 is 0 Å². The molecule has 0 radical (unpaired) electrons. The lowest BCUT2D eigenvalue weighted by Crippen LogP contribution is -2.30. The summed E-state index contributed by atoms with van der Waals surface area (Å²) in [4.78, 5) is 38.0. The Morgan fingerprint density at radius 3 is 2.45 bits per heavy atom. The third-order valence-electron chi connectivity index (χ3n) is 6.14. The minimum atomic E-state index is -0.491. The van der Waals surface area contributed by atoms with E-state index < -0.39 is 4.92 Å². The van der Waals surface area contributed by atoms with Gasteiger partial charge >= 0.3 is 0 Å². The number of methoxy groups -OCH3 is 1. The van der Waals surface area contributed by atoms with Gasteiger partial charge < -0.3 is 10.1 Å². The van der Waals surface area contributed by atoms with E-state index in [1.165, 1.54) is 6.07 Å². The number of nitrogens with one attached hydrogen (secondary N) is 1. The number of carbonyl (C=O) groups is 2. The topological polar surface area (TPSA) is 102 Å². The van der Waals surface area contributed by atoms with Crippen molar-refractivity contribution in [2.75, 3.05) is 23.9 Å². The Morgan fingerprint density at radius 1 is 1.10 bits per heavy atom. The second-order valence-corrected chi connectivity index (χ2v) is 8.00. The lowest BCUT2D eigenvalue weighted by atomic mass is 9.81. The van der Waals surface area contributed by atoms with Gasteiger partial charge in [-0.3, -0.25) is 19.7 Å². The largest absolute Gasteiger partial charge is 0.497 e. The first-order valence-electron chi connectivity index (χ1n) is 10.5. The summed E-state index contributed by atoms with van der Waals surface area (Å²) in [5.41, 5.74) is 1.52. The standard InChI is InChI=1S/C23H25N3O5/c1-31-17-6-4-5-15(13-17)11-12-24-20-10-9-16(14-21(20)26(29)30)25-22(27)18-7-2-3-8-19(18)23(25)28/h4-6,9-10,13-14,18-19,24H,2-3,7-8,11-12H2,1H3/t18-,19+. The molecule has 2 amide bonds. The number of hydrogen-bond acceptors (Lipinski definition) is 6. The average molecular weight is 423 g/mol. The average Bonchev–Trinajstić information content (AvgIpc) is 3.04. The molecule has 2 aliphatic rings. The molecule has 1 saturated heterocycles. The van der Waals surface area contributed by atoms with E-state index in [0.29, 0.717) is 31.5 Å². The first-order valence-corrected chi connectivity index (χ1v) is 10.5. The fourth-order valence-electron chi connectivity index (χ4n) is 4.55. The van der Waals surface area contributed by atoms with Crippen LogP contribution in [0, 0.1) is 22.0 Å². The number of anilines is 2. The molecule has 2 fully saturated rings. The Bertz CT molecular complexity index is 998. The van der Waals surface area contributed by atoms with Gasteiger partial charge in [-0.25, -0.2) is 4.90 Å². The first-order chi connectivity index (χ1) is 15.0. The summed E-state index contributed by atoms with van der Waals surface area (Å²) in [6.07, 6.45) is 3.94. The van der Waals surface area contributed by atoms with Gasteiger partial charge in [0.2, 0.25) is 11.8 Å². The van der Waals surface area contributed by atoms with Gasteiger partial charge in [0.05, 0.1) is 29.6 Å². The summed E-state index contributed by atoms with van der Waals surface area (Å²) in [6.45, 7) is 0.485. The van der Waals surface area contributed by atoms with Crippen LogP contribution in [0.1, 0.15) is 31.2 Å². The zero-order valence-corrected chi connectivity index (χ0v) is 17.4. The molecule has 31 heavy (non-hydrogen) atoms. The molecule has 162 valence electrons. The van der Waals surface area contributed by atoms with Crippen LogP contribution in [0.3, 0.4) is 0 Å². The molecule has 8 nitrogen and oxygen atoms in total. The fourth-order valence-corrected chi connectivity index (χ4v) is 4.55. The molecule has 4 rings (SSSR count). The highest BCUT2D eigenvalue weighted by molar-refractivity contribution is 6.22. The molecule has 0 aromatic heterocycles. The normalized spacial score (nSPS) is 20.5. The maximum atomic E-state index is 12.8. The van der Waals surface area contributed by atoms with Crippen LogP contribution in [-0.2, 0) is 16.0 Å². The summed E-state index contributed by atoms with van der Waals surface area (Å²) in [7, 11) is 1.60. The molecule has 2 aromatic carbocycles. The van der Waals surface area contributed by atoms with Crippen molar-refractivity contribution in [3.05, 3.63) is 58.1 Å². The van der Waals surface area contributed by atoms with Crippen molar-refractivity contribution < 1.29 is 19.2 Å². The summed E-state index contributed by atoms with van der Waals surface area (Å²) < 4.78 is 5.21. The maximum Gasteiger partial charge on any atom is 0.294 e. The summed E-state index contributed by atoms with van der Waals surface area (Å²) in [5, 5.41) is 14.8. The van der Waals surface area contributed by atoms with Gasteiger partial charge in [0, 0.05) is 12.6 Å². The van der Waals surface area contributed by atoms with E-state index in [1.807, 2.05) is 24.3 Å². The van der Waals surface area contributed by atoms with Crippen LogP contribution in [-0.4, -0.2) is 30.4 Å². The highest BCUT2D eigenvalue weighted by Crippen LogP contribution is 2.41. The van der Waals surface area contributed by atoms with Gasteiger partial charge in [0.1, 0.15) is 11.4 Å². The zero-order valence-electron chi connectivity index (χ0n) is 17.4. The number of hydrogen-bond donors (Lipinski definition) is 1. The van der Waals surface area contributed by atoms with Crippen molar-refractivity contribution >= 4 is 28.9 Å². The van der Waals surface area contributed by atoms with E-state index in [2.05, 4.69) is 5.32 Å². The number of benzene rings is 2. The molecule has 1 aliphatic carbocycles. The number of amides is 2. The second-order valence-electron chi connectivity index (χ2n) is 8.00. The number of ether oxygens (including phenoxy) is 1. The third kappa shape index (κ3) is 4.10. The third-order valence-corrected chi connectivity index (χ3v) is 6.14. The Morgan fingerprint density at radius 2 is 1.81 bits per heavy atom. The van der Waals surface area contributed by atoms with Crippen LogP contribution < -0.4 is 15.0 Å². The summed E-state index contributed by atoms with van der Waals surface area (Å²) >= 11 is 0. The van der Waals surface area contributed by atoms with Gasteiger partial charge in [-0.2, -0.15) is 0 Å². The smallest absolute Gasteiger partial charge is 0.294 e. The molecule has 2 aromatic rings. The SMILES string of the molecule is COc1cccc(CCNc2ccc(N3C(=O)[C@H]4CCCC[C@H]4C3=O)cc2[N+](=O)[O-])c1. The second kappa shape index (κ2) is 8.75. The molecule has 1 N–H and O–H groups in total. The van der Waals surface area contributed by atoms with Crippen molar-refractivity contribution in [1.82, 2.24) is 0 Å².